The highest BCUT2D eigenvalue weighted by atomic mass is 16.4. The van der Waals surface area contributed by atoms with E-state index in [4.69, 9.17) is 5.11 Å². The first-order valence-electron chi connectivity index (χ1n) is 4.32. The van der Waals surface area contributed by atoms with Gasteiger partial charge in [-0.15, -0.1) is 0 Å². The molecule has 13 heavy (non-hydrogen) atoms. The first-order chi connectivity index (χ1) is 6.27. The van der Waals surface area contributed by atoms with E-state index >= 15 is 0 Å². The van der Waals surface area contributed by atoms with Crippen LogP contribution in [0.2, 0.25) is 0 Å². The van der Waals surface area contributed by atoms with Crippen molar-refractivity contribution in [2.45, 2.75) is 18.4 Å². The fourth-order valence-corrected chi connectivity index (χ4v) is 1.58. The second kappa shape index (κ2) is 3.09. The molecule has 0 spiro atoms. The molecule has 68 valence electrons. The van der Waals surface area contributed by atoms with E-state index in [9.17, 15) is 4.79 Å². The third kappa shape index (κ3) is 1.80. The van der Waals surface area contributed by atoms with Crippen molar-refractivity contribution in [2.24, 2.45) is 0 Å². The number of carbonyl (C=O) groups is 1. The summed E-state index contributed by atoms with van der Waals surface area (Å²) in [7, 11) is 0. The summed E-state index contributed by atoms with van der Waals surface area (Å²) in [5.74, 6) is 0.386. The number of hydrogen-bond acceptors (Lipinski definition) is 1. The van der Waals surface area contributed by atoms with Gasteiger partial charge in [-0.05, 0) is 12.0 Å². The summed E-state index contributed by atoms with van der Waals surface area (Å²) in [6.07, 6.45) is -0.000480. The Morgan fingerprint density at radius 1 is 1.38 bits per heavy atom. The van der Waals surface area contributed by atoms with E-state index in [2.05, 4.69) is 5.32 Å². The fourth-order valence-electron chi connectivity index (χ4n) is 1.58. The maximum Gasteiger partial charge on any atom is 0.404 e. The molecular formula is C10H11NO2. The summed E-state index contributed by atoms with van der Waals surface area (Å²) in [5.41, 5.74) is 1.22. The average Bonchev–Trinajstić information content (AvgIpc) is 2.84. The van der Waals surface area contributed by atoms with E-state index in [1.165, 1.54) is 5.56 Å². The molecule has 0 radical (unpaired) electrons. The number of nitrogens with one attached hydrogen (secondary N) is 1. The van der Waals surface area contributed by atoms with Crippen LogP contribution < -0.4 is 5.32 Å². The van der Waals surface area contributed by atoms with Crippen molar-refractivity contribution < 1.29 is 9.90 Å². The number of carboxylic acid groups (broad SMARTS) is 1. The van der Waals surface area contributed by atoms with Gasteiger partial charge in [0.1, 0.15) is 0 Å². The summed E-state index contributed by atoms with van der Waals surface area (Å²) in [5, 5.41) is 11.0. The van der Waals surface area contributed by atoms with E-state index in [1.54, 1.807) is 0 Å². The van der Waals surface area contributed by atoms with Crippen LogP contribution in [0.5, 0.6) is 0 Å². The minimum absolute atomic E-state index is 0.125. The van der Waals surface area contributed by atoms with Crippen LogP contribution in [0.1, 0.15) is 17.9 Å². The average molecular weight is 177 g/mol. The van der Waals surface area contributed by atoms with Crippen LogP contribution >= 0.6 is 0 Å². The molecule has 1 aromatic rings. The maximum absolute atomic E-state index is 10.3. The van der Waals surface area contributed by atoms with E-state index in [-0.39, 0.29) is 6.04 Å². The Bertz CT molecular complexity index is 310. The highest BCUT2D eigenvalue weighted by Crippen LogP contribution is 2.40. The highest BCUT2D eigenvalue weighted by molar-refractivity contribution is 5.65. The molecule has 2 atom stereocenters. The van der Waals surface area contributed by atoms with E-state index in [1.807, 2.05) is 30.3 Å². The standard InChI is InChI=1S/C10H11NO2/c12-10(13)11-9-6-8(9)7-4-2-1-3-5-7/h1-5,8-9,11H,6H2,(H,12,13)/t8-,9-/m1/s1. The van der Waals surface area contributed by atoms with E-state index in [0.29, 0.717) is 5.92 Å². The van der Waals surface area contributed by atoms with Gasteiger partial charge < -0.3 is 10.4 Å². The van der Waals surface area contributed by atoms with E-state index < -0.39 is 6.09 Å². The number of benzene rings is 1. The predicted molar refractivity (Wildman–Crippen MR) is 48.7 cm³/mol. The lowest BCUT2D eigenvalue weighted by Gasteiger charge is -1.99. The van der Waals surface area contributed by atoms with Crippen molar-refractivity contribution in [1.82, 2.24) is 5.32 Å². The van der Waals surface area contributed by atoms with Crippen LogP contribution in [-0.4, -0.2) is 17.2 Å². The monoisotopic (exact) mass is 177 g/mol. The third-order valence-corrected chi connectivity index (χ3v) is 2.33. The lowest BCUT2D eigenvalue weighted by atomic mass is 10.1. The maximum atomic E-state index is 10.3. The van der Waals surface area contributed by atoms with Crippen LogP contribution in [-0.2, 0) is 0 Å². The molecule has 2 rings (SSSR count). The lowest BCUT2D eigenvalue weighted by molar-refractivity contribution is 0.193. The van der Waals surface area contributed by atoms with Gasteiger partial charge in [0.05, 0.1) is 0 Å². The number of amides is 1. The van der Waals surface area contributed by atoms with Gasteiger partial charge in [0.15, 0.2) is 0 Å². The zero-order chi connectivity index (χ0) is 9.26. The van der Waals surface area contributed by atoms with Crippen LogP contribution in [0, 0.1) is 0 Å². The Kier molecular flexibility index (Phi) is 1.93. The summed E-state index contributed by atoms with van der Waals surface area (Å²) < 4.78 is 0. The Morgan fingerprint density at radius 2 is 2.08 bits per heavy atom. The molecule has 1 saturated carbocycles. The minimum Gasteiger partial charge on any atom is -0.465 e. The second-order valence-corrected chi connectivity index (χ2v) is 3.31. The molecule has 1 aliphatic rings. The van der Waals surface area contributed by atoms with Gasteiger partial charge >= 0.3 is 6.09 Å². The van der Waals surface area contributed by atoms with Gasteiger partial charge in [-0.25, -0.2) is 4.79 Å². The summed E-state index contributed by atoms with van der Waals surface area (Å²) in [6, 6.07) is 10.1. The zero-order valence-electron chi connectivity index (χ0n) is 7.10. The number of rotatable bonds is 2. The van der Waals surface area contributed by atoms with Gasteiger partial charge in [0, 0.05) is 12.0 Å². The van der Waals surface area contributed by atoms with Crippen molar-refractivity contribution in [3.8, 4) is 0 Å². The molecule has 1 aliphatic carbocycles. The van der Waals surface area contributed by atoms with Gasteiger partial charge in [-0.2, -0.15) is 0 Å². The van der Waals surface area contributed by atoms with Gasteiger partial charge in [0.25, 0.3) is 0 Å². The lowest BCUT2D eigenvalue weighted by Crippen LogP contribution is -2.24. The van der Waals surface area contributed by atoms with Crippen molar-refractivity contribution in [3.63, 3.8) is 0 Å². The van der Waals surface area contributed by atoms with Crippen LogP contribution in [0.3, 0.4) is 0 Å². The Morgan fingerprint density at radius 3 is 2.69 bits per heavy atom. The molecule has 0 aliphatic heterocycles. The normalized spacial score (nSPS) is 25.2. The highest BCUT2D eigenvalue weighted by Gasteiger charge is 2.39. The second-order valence-electron chi connectivity index (χ2n) is 3.31. The Balaban J connectivity index is 1.97. The predicted octanol–water partition coefficient (Wildman–Crippen LogP) is 1.81. The van der Waals surface area contributed by atoms with E-state index in [0.717, 1.165) is 6.42 Å². The van der Waals surface area contributed by atoms with Crippen molar-refractivity contribution in [1.29, 1.82) is 0 Å². The summed E-state index contributed by atoms with van der Waals surface area (Å²) in [4.78, 5) is 10.3. The first-order valence-corrected chi connectivity index (χ1v) is 4.32. The Hall–Kier alpha value is -1.51. The molecule has 2 N–H and O–H groups in total. The zero-order valence-corrected chi connectivity index (χ0v) is 7.10. The largest absolute Gasteiger partial charge is 0.465 e. The van der Waals surface area contributed by atoms with Crippen LogP contribution in [0.15, 0.2) is 30.3 Å². The minimum atomic E-state index is -0.927. The molecule has 0 bridgehead atoms. The van der Waals surface area contributed by atoms with Gasteiger partial charge in [0.2, 0.25) is 0 Å². The molecular weight excluding hydrogens is 166 g/mol. The fraction of sp³-hybridized carbons (Fsp3) is 0.300. The van der Waals surface area contributed by atoms with Crippen molar-refractivity contribution in [2.75, 3.05) is 0 Å². The molecule has 1 amide bonds. The third-order valence-electron chi connectivity index (χ3n) is 2.33. The molecule has 0 saturated heterocycles. The quantitative estimate of drug-likeness (QED) is 0.723. The first kappa shape index (κ1) is 8.10. The smallest absolute Gasteiger partial charge is 0.404 e. The van der Waals surface area contributed by atoms with Crippen LogP contribution in [0.25, 0.3) is 0 Å². The molecule has 0 aromatic heterocycles. The van der Waals surface area contributed by atoms with Crippen molar-refractivity contribution >= 4 is 6.09 Å². The molecule has 1 aromatic carbocycles. The molecule has 3 heteroatoms. The SMILES string of the molecule is O=C(O)N[C@@H]1C[C@@H]1c1ccccc1. The van der Waals surface area contributed by atoms with Crippen molar-refractivity contribution in [3.05, 3.63) is 35.9 Å². The summed E-state index contributed by atoms with van der Waals surface area (Å²) in [6.45, 7) is 0. The Labute approximate surface area is 76.4 Å². The molecule has 0 unspecified atom stereocenters. The molecule has 1 fully saturated rings. The van der Waals surface area contributed by atoms with Crippen LogP contribution in [0.4, 0.5) is 4.79 Å². The van der Waals surface area contributed by atoms with Gasteiger partial charge in [-0.1, -0.05) is 30.3 Å². The topological polar surface area (TPSA) is 49.3 Å². The molecule has 3 nitrogen and oxygen atoms in total. The molecule has 0 heterocycles. The van der Waals surface area contributed by atoms with Gasteiger partial charge in [-0.3, -0.25) is 0 Å². The number of hydrogen-bond donors (Lipinski definition) is 2. The summed E-state index contributed by atoms with van der Waals surface area (Å²) >= 11 is 0.